The van der Waals surface area contributed by atoms with Gasteiger partial charge in [-0.05, 0) is 43.2 Å². The van der Waals surface area contributed by atoms with Crippen molar-refractivity contribution in [3.8, 4) is 0 Å². The number of hydrogen-bond donors (Lipinski definition) is 2. The molecule has 0 spiro atoms. The normalized spacial score (nSPS) is 12.4. The van der Waals surface area contributed by atoms with Crippen LogP contribution in [0.3, 0.4) is 0 Å². The monoisotopic (exact) mass is 340 g/mol. The highest BCUT2D eigenvalue weighted by atomic mass is 79.9. The molecule has 1 unspecified atom stereocenters. The minimum atomic E-state index is -0.423. The number of halogens is 3. The van der Waals surface area contributed by atoms with Crippen molar-refractivity contribution >= 4 is 15.9 Å². The number of nitrogens with two attached hydrogens (primary N) is 1. The molecule has 0 amide bonds. The molecule has 2 aromatic carbocycles. The second-order valence-electron chi connectivity index (χ2n) is 4.68. The van der Waals surface area contributed by atoms with Crippen molar-refractivity contribution < 1.29 is 8.78 Å². The van der Waals surface area contributed by atoms with Crippen molar-refractivity contribution in [2.75, 3.05) is 0 Å². The van der Waals surface area contributed by atoms with Crippen LogP contribution < -0.4 is 11.3 Å². The van der Waals surface area contributed by atoms with Gasteiger partial charge in [-0.15, -0.1) is 0 Å². The highest BCUT2D eigenvalue weighted by Crippen LogP contribution is 2.26. The van der Waals surface area contributed by atoms with Crippen molar-refractivity contribution in [2.24, 2.45) is 5.84 Å². The summed E-state index contributed by atoms with van der Waals surface area (Å²) in [5.41, 5.74) is 4.75. The van der Waals surface area contributed by atoms with Gasteiger partial charge in [0, 0.05) is 10.0 Å². The third-order valence-electron chi connectivity index (χ3n) is 3.16. The van der Waals surface area contributed by atoms with Gasteiger partial charge in [0.05, 0.1) is 6.04 Å². The largest absolute Gasteiger partial charge is 0.271 e. The van der Waals surface area contributed by atoms with E-state index in [-0.39, 0.29) is 11.6 Å². The van der Waals surface area contributed by atoms with E-state index in [9.17, 15) is 8.78 Å². The average molecular weight is 341 g/mol. The van der Waals surface area contributed by atoms with Crippen LogP contribution in [0.1, 0.15) is 22.7 Å². The molecule has 0 radical (unpaired) electrons. The highest BCUT2D eigenvalue weighted by molar-refractivity contribution is 9.10. The van der Waals surface area contributed by atoms with Crippen molar-refractivity contribution in [1.29, 1.82) is 0 Å². The maximum Gasteiger partial charge on any atom is 0.128 e. The van der Waals surface area contributed by atoms with Crippen molar-refractivity contribution in [1.82, 2.24) is 5.43 Å². The molecule has 1 atom stereocenters. The summed E-state index contributed by atoms with van der Waals surface area (Å²) in [6.07, 6.45) is 0.384. The third-order valence-corrected chi connectivity index (χ3v) is 3.93. The van der Waals surface area contributed by atoms with Crippen LogP contribution in [-0.4, -0.2) is 0 Å². The van der Waals surface area contributed by atoms with Gasteiger partial charge in [-0.3, -0.25) is 11.3 Å². The second-order valence-corrected chi connectivity index (χ2v) is 5.54. The molecule has 0 aliphatic carbocycles. The summed E-state index contributed by atoms with van der Waals surface area (Å²) in [4.78, 5) is 0. The first-order chi connectivity index (χ1) is 9.51. The van der Waals surface area contributed by atoms with Gasteiger partial charge < -0.3 is 0 Å². The van der Waals surface area contributed by atoms with E-state index in [0.717, 1.165) is 15.6 Å². The third kappa shape index (κ3) is 3.42. The van der Waals surface area contributed by atoms with E-state index in [1.54, 1.807) is 18.2 Å². The van der Waals surface area contributed by atoms with Crippen LogP contribution >= 0.6 is 15.9 Å². The summed E-state index contributed by atoms with van der Waals surface area (Å²) in [5.74, 6) is 4.88. The van der Waals surface area contributed by atoms with Gasteiger partial charge in [0.2, 0.25) is 0 Å². The van der Waals surface area contributed by atoms with E-state index in [2.05, 4.69) is 21.4 Å². The van der Waals surface area contributed by atoms with Crippen LogP contribution in [0.25, 0.3) is 0 Å². The Labute approximate surface area is 125 Å². The lowest BCUT2D eigenvalue weighted by Crippen LogP contribution is -2.30. The molecule has 5 heteroatoms. The van der Waals surface area contributed by atoms with E-state index < -0.39 is 6.04 Å². The molecule has 20 heavy (non-hydrogen) atoms. The van der Waals surface area contributed by atoms with Crippen LogP contribution in [0.4, 0.5) is 8.78 Å². The SMILES string of the molecule is Cc1ccc(F)c(C(Cc2cc(F)ccc2Br)NN)c1. The molecule has 0 saturated carbocycles. The fourth-order valence-electron chi connectivity index (χ4n) is 2.11. The minimum absolute atomic E-state index is 0.328. The Kier molecular flexibility index (Phi) is 4.86. The molecule has 0 saturated heterocycles. The molecule has 0 aliphatic rings. The summed E-state index contributed by atoms with van der Waals surface area (Å²) >= 11 is 3.36. The first-order valence-electron chi connectivity index (χ1n) is 6.17. The number of aryl methyl sites for hydroxylation is 1. The standard InChI is InChI=1S/C15H15BrF2N2/c1-9-2-5-14(18)12(6-9)15(20-19)8-10-7-11(17)3-4-13(10)16/h2-7,15,20H,8,19H2,1H3. The van der Waals surface area contributed by atoms with Crippen LogP contribution in [0.2, 0.25) is 0 Å². The fraction of sp³-hybridized carbons (Fsp3) is 0.200. The zero-order chi connectivity index (χ0) is 14.7. The molecule has 0 fully saturated rings. The van der Waals surface area contributed by atoms with Gasteiger partial charge in [-0.1, -0.05) is 33.6 Å². The summed E-state index contributed by atoms with van der Waals surface area (Å²) in [6, 6.07) is 8.85. The van der Waals surface area contributed by atoms with Crippen LogP contribution in [-0.2, 0) is 6.42 Å². The van der Waals surface area contributed by atoms with Gasteiger partial charge in [-0.2, -0.15) is 0 Å². The predicted molar refractivity (Wildman–Crippen MR) is 79.0 cm³/mol. The van der Waals surface area contributed by atoms with Gasteiger partial charge >= 0.3 is 0 Å². The molecule has 2 aromatic rings. The first-order valence-corrected chi connectivity index (χ1v) is 6.96. The van der Waals surface area contributed by atoms with E-state index in [0.29, 0.717) is 12.0 Å². The molecule has 0 aromatic heterocycles. The molecule has 106 valence electrons. The van der Waals surface area contributed by atoms with E-state index in [4.69, 9.17) is 5.84 Å². The van der Waals surface area contributed by atoms with Gasteiger partial charge in [0.1, 0.15) is 11.6 Å². The van der Waals surface area contributed by atoms with Gasteiger partial charge in [0.25, 0.3) is 0 Å². The number of hydrazine groups is 1. The molecular weight excluding hydrogens is 326 g/mol. The maximum absolute atomic E-state index is 13.9. The summed E-state index contributed by atoms with van der Waals surface area (Å²) in [5, 5.41) is 0. The van der Waals surface area contributed by atoms with Gasteiger partial charge in [-0.25, -0.2) is 8.78 Å². The average Bonchev–Trinajstić information content (AvgIpc) is 2.42. The molecule has 0 aliphatic heterocycles. The number of benzene rings is 2. The molecule has 0 heterocycles. The Balaban J connectivity index is 2.33. The molecule has 0 bridgehead atoms. The Bertz CT molecular complexity index is 617. The Morgan fingerprint density at radius 3 is 2.65 bits per heavy atom. The number of nitrogens with one attached hydrogen (secondary N) is 1. The summed E-state index contributed by atoms with van der Waals surface area (Å²) in [6.45, 7) is 1.88. The number of hydrogen-bond acceptors (Lipinski definition) is 2. The van der Waals surface area contributed by atoms with Crippen molar-refractivity contribution in [3.05, 3.63) is 69.2 Å². The Morgan fingerprint density at radius 2 is 1.95 bits per heavy atom. The quantitative estimate of drug-likeness (QED) is 0.656. The molecule has 2 rings (SSSR count). The van der Waals surface area contributed by atoms with E-state index >= 15 is 0 Å². The van der Waals surface area contributed by atoms with E-state index in [1.807, 2.05) is 6.92 Å². The smallest absolute Gasteiger partial charge is 0.128 e. The van der Waals surface area contributed by atoms with Crippen molar-refractivity contribution in [3.63, 3.8) is 0 Å². The van der Waals surface area contributed by atoms with Gasteiger partial charge in [0.15, 0.2) is 0 Å². The lowest BCUT2D eigenvalue weighted by Gasteiger charge is -2.18. The second kappa shape index (κ2) is 6.43. The lowest BCUT2D eigenvalue weighted by molar-refractivity contribution is 0.508. The topological polar surface area (TPSA) is 38.0 Å². The van der Waals surface area contributed by atoms with Crippen LogP contribution in [0.15, 0.2) is 40.9 Å². The molecular formula is C15H15BrF2N2. The fourth-order valence-corrected chi connectivity index (χ4v) is 2.52. The van der Waals surface area contributed by atoms with Crippen LogP contribution in [0, 0.1) is 18.6 Å². The minimum Gasteiger partial charge on any atom is -0.271 e. The number of rotatable bonds is 4. The highest BCUT2D eigenvalue weighted by Gasteiger charge is 2.17. The summed E-state index contributed by atoms with van der Waals surface area (Å²) < 4.78 is 28.0. The Hall–Kier alpha value is -1.30. The molecule has 3 N–H and O–H groups in total. The van der Waals surface area contributed by atoms with E-state index in [1.165, 1.54) is 18.2 Å². The molecule has 2 nitrogen and oxygen atoms in total. The summed E-state index contributed by atoms with van der Waals surface area (Å²) in [7, 11) is 0. The Morgan fingerprint density at radius 1 is 1.20 bits per heavy atom. The van der Waals surface area contributed by atoms with Crippen LogP contribution in [0.5, 0.6) is 0 Å². The zero-order valence-corrected chi connectivity index (χ0v) is 12.5. The zero-order valence-electron chi connectivity index (χ0n) is 11.0. The first kappa shape index (κ1) is 15.1. The van der Waals surface area contributed by atoms with Crippen molar-refractivity contribution in [2.45, 2.75) is 19.4 Å². The lowest BCUT2D eigenvalue weighted by atomic mass is 9.97. The predicted octanol–water partition coefficient (Wildman–Crippen LogP) is 3.78. The maximum atomic E-state index is 13.9.